The lowest BCUT2D eigenvalue weighted by Crippen LogP contribution is -1.87. The van der Waals surface area contributed by atoms with Crippen molar-refractivity contribution in [3.63, 3.8) is 0 Å². The molecule has 0 aliphatic rings. The van der Waals surface area contributed by atoms with E-state index in [1.165, 1.54) is 11.5 Å². The Kier molecular flexibility index (Phi) is 1.54. The zero-order chi connectivity index (χ0) is 8.72. The Hall–Kier alpha value is -1.09. The molecule has 0 N–H and O–H groups in total. The smallest absolute Gasteiger partial charge is 0.257 e. The lowest BCUT2D eigenvalue weighted by Gasteiger charge is -1.93. The minimum atomic E-state index is 0.149. The fourth-order valence-electron chi connectivity index (χ4n) is 1.31. The van der Waals surface area contributed by atoms with Gasteiger partial charge in [-0.25, -0.2) is 0 Å². The van der Waals surface area contributed by atoms with E-state index in [4.69, 9.17) is 0 Å². The van der Waals surface area contributed by atoms with Gasteiger partial charge in [0, 0.05) is 7.05 Å². The molecular formula is C9H9NOS. The molecule has 0 atom stereocenters. The number of benzene rings is 1. The minimum absolute atomic E-state index is 0.149. The van der Waals surface area contributed by atoms with Gasteiger partial charge in [0.05, 0.1) is 10.9 Å². The molecule has 1 heterocycles. The lowest BCUT2D eigenvalue weighted by molar-refractivity contribution is 1.08. The Morgan fingerprint density at radius 2 is 2.17 bits per heavy atom. The highest BCUT2D eigenvalue weighted by Gasteiger charge is 2.03. The molecule has 0 saturated carbocycles. The average Bonchev–Trinajstić information content (AvgIpc) is 2.28. The van der Waals surface area contributed by atoms with Gasteiger partial charge >= 0.3 is 0 Å². The summed E-state index contributed by atoms with van der Waals surface area (Å²) < 4.78 is 2.05. The fourth-order valence-corrected chi connectivity index (χ4v) is 2.08. The monoisotopic (exact) mass is 179 g/mol. The summed E-state index contributed by atoms with van der Waals surface area (Å²) in [5.74, 6) is 0. The number of fused-ring (bicyclic) bond motifs is 1. The first-order chi connectivity index (χ1) is 5.68. The molecule has 3 heteroatoms. The van der Waals surface area contributed by atoms with E-state index in [1.807, 2.05) is 36.1 Å². The van der Waals surface area contributed by atoms with Crippen molar-refractivity contribution in [1.82, 2.24) is 3.96 Å². The van der Waals surface area contributed by atoms with Crippen LogP contribution in [0.25, 0.3) is 10.9 Å². The van der Waals surface area contributed by atoms with Crippen LogP contribution in [0, 0.1) is 6.92 Å². The number of rotatable bonds is 0. The van der Waals surface area contributed by atoms with Crippen molar-refractivity contribution in [2.24, 2.45) is 7.05 Å². The topological polar surface area (TPSA) is 22.0 Å². The molecule has 62 valence electrons. The third-order valence-corrected chi connectivity index (χ3v) is 2.79. The lowest BCUT2D eigenvalue weighted by atomic mass is 10.2. The molecular weight excluding hydrogens is 170 g/mol. The summed E-state index contributed by atoms with van der Waals surface area (Å²) >= 11 is 1.25. The zero-order valence-corrected chi connectivity index (χ0v) is 7.81. The number of hydrogen-bond donors (Lipinski definition) is 0. The van der Waals surface area contributed by atoms with Gasteiger partial charge in [0.1, 0.15) is 0 Å². The Labute approximate surface area is 74.2 Å². The quantitative estimate of drug-likeness (QED) is 0.605. The van der Waals surface area contributed by atoms with Crippen LogP contribution < -0.4 is 4.74 Å². The Morgan fingerprint density at radius 1 is 1.42 bits per heavy atom. The second-order valence-electron chi connectivity index (χ2n) is 2.90. The second kappa shape index (κ2) is 2.45. The van der Waals surface area contributed by atoms with Crippen LogP contribution in [-0.4, -0.2) is 3.96 Å². The van der Waals surface area contributed by atoms with Crippen LogP contribution in [0.3, 0.4) is 0 Å². The van der Waals surface area contributed by atoms with E-state index < -0.39 is 0 Å². The van der Waals surface area contributed by atoms with E-state index in [-0.39, 0.29) is 4.74 Å². The molecule has 0 aliphatic carbocycles. The van der Waals surface area contributed by atoms with Crippen molar-refractivity contribution in [2.45, 2.75) is 6.92 Å². The molecule has 2 nitrogen and oxygen atoms in total. The van der Waals surface area contributed by atoms with Crippen molar-refractivity contribution in [1.29, 1.82) is 0 Å². The molecule has 0 fully saturated rings. The van der Waals surface area contributed by atoms with Gasteiger partial charge in [-0.2, -0.15) is 0 Å². The van der Waals surface area contributed by atoms with Crippen molar-refractivity contribution < 1.29 is 0 Å². The molecule has 0 unspecified atom stereocenters. The van der Waals surface area contributed by atoms with Crippen LogP contribution in [0.15, 0.2) is 23.0 Å². The molecule has 0 spiro atoms. The normalized spacial score (nSPS) is 10.8. The predicted molar refractivity (Wildman–Crippen MR) is 51.8 cm³/mol. The third-order valence-electron chi connectivity index (χ3n) is 1.93. The molecule has 0 bridgehead atoms. The van der Waals surface area contributed by atoms with Crippen LogP contribution in [0.4, 0.5) is 0 Å². The third kappa shape index (κ3) is 0.975. The van der Waals surface area contributed by atoms with E-state index in [0.29, 0.717) is 0 Å². The summed E-state index contributed by atoms with van der Waals surface area (Å²) in [5, 5.41) is 0.836. The maximum absolute atomic E-state index is 11.3. The van der Waals surface area contributed by atoms with Crippen molar-refractivity contribution in [3.8, 4) is 0 Å². The van der Waals surface area contributed by atoms with Gasteiger partial charge in [0.2, 0.25) is 0 Å². The van der Waals surface area contributed by atoms with E-state index in [9.17, 15) is 4.79 Å². The Balaban J connectivity index is 3.00. The summed E-state index contributed by atoms with van der Waals surface area (Å²) in [6.45, 7) is 2.00. The van der Waals surface area contributed by atoms with Gasteiger partial charge < -0.3 is 0 Å². The van der Waals surface area contributed by atoms with Crippen LogP contribution in [0.5, 0.6) is 0 Å². The van der Waals surface area contributed by atoms with E-state index >= 15 is 0 Å². The van der Waals surface area contributed by atoms with E-state index in [2.05, 4.69) is 0 Å². The zero-order valence-electron chi connectivity index (χ0n) is 7.00. The van der Waals surface area contributed by atoms with Gasteiger partial charge in [-0.15, -0.1) is 0 Å². The highest BCUT2D eigenvalue weighted by Crippen LogP contribution is 2.13. The van der Waals surface area contributed by atoms with Crippen molar-refractivity contribution in [3.05, 3.63) is 33.3 Å². The van der Waals surface area contributed by atoms with Gasteiger partial charge in [-0.05, 0) is 30.6 Å². The number of hydrogen-bond acceptors (Lipinski definition) is 2. The van der Waals surface area contributed by atoms with E-state index in [1.54, 1.807) is 0 Å². The SMILES string of the molecule is Cc1ccc2c(c1)c(=O)sn2C. The van der Waals surface area contributed by atoms with Gasteiger partial charge in [-0.3, -0.25) is 8.75 Å². The van der Waals surface area contributed by atoms with Gasteiger partial charge in [0.25, 0.3) is 4.74 Å². The molecule has 1 aromatic carbocycles. The molecule has 0 saturated heterocycles. The summed E-state index contributed by atoms with van der Waals surface area (Å²) in [4.78, 5) is 11.3. The largest absolute Gasteiger partial charge is 0.297 e. The number of aryl methyl sites for hydroxylation is 2. The standard InChI is InChI=1S/C9H9NOS/c1-6-3-4-8-7(5-6)9(11)12-10(8)2/h3-5H,1-2H3. The Morgan fingerprint density at radius 3 is 2.92 bits per heavy atom. The predicted octanol–water partition coefficient (Wildman–Crippen LogP) is 1.91. The Bertz CT molecular complexity index is 481. The maximum atomic E-state index is 11.3. The van der Waals surface area contributed by atoms with Gasteiger partial charge in [0.15, 0.2) is 0 Å². The maximum Gasteiger partial charge on any atom is 0.257 e. The number of nitrogens with zero attached hydrogens (tertiary/aromatic N) is 1. The molecule has 1 aromatic heterocycles. The first-order valence-electron chi connectivity index (χ1n) is 3.75. The van der Waals surface area contributed by atoms with Crippen LogP contribution in [0.1, 0.15) is 5.56 Å². The second-order valence-corrected chi connectivity index (χ2v) is 4.00. The molecule has 2 rings (SSSR count). The highest BCUT2D eigenvalue weighted by molar-refractivity contribution is 7.05. The minimum Gasteiger partial charge on any atom is -0.297 e. The molecule has 12 heavy (non-hydrogen) atoms. The first-order valence-corrected chi connectivity index (χ1v) is 4.52. The van der Waals surface area contributed by atoms with Crippen LogP contribution >= 0.6 is 11.5 Å². The van der Waals surface area contributed by atoms with Crippen LogP contribution in [0.2, 0.25) is 0 Å². The summed E-state index contributed by atoms with van der Waals surface area (Å²) in [6, 6.07) is 5.95. The highest BCUT2D eigenvalue weighted by atomic mass is 32.1. The van der Waals surface area contributed by atoms with Crippen LogP contribution in [-0.2, 0) is 7.05 Å². The average molecular weight is 179 g/mol. The van der Waals surface area contributed by atoms with E-state index in [0.717, 1.165) is 16.5 Å². The molecule has 0 aliphatic heterocycles. The molecule has 0 amide bonds. The first kappa shape index (κ1) is 7.55. The molecule has 0 radical (unpaired) electrons. The fraction of sp³-hybridized carbons (Fsp3) is 0.222. The van der Waals surface area contributed by atoms with Gasteiger partial charge in [-0.1, -0.05) is 11.6 Å². The molecule has 2 aromatic rings. The van der Waals surface area contributed by atoms with Crippen molar-refractivity contribution in [2.75, 3.05) is 0 Å². The van der Waals surface area contributed by atoms with Crippen molar-refractivity contribution >= 4 is 22.4 Å². The summed E-state index contributed by atoms with van der Waals surface area (Å²) in [5.41, 5.74) is 2.16. The summed E-state index contributed by atoms with van der Waals surface area (Å²) in [6.07, 6.45) is 0. The summed E-state index contributed by atoms with van der Waals surface area (Å²) in [7, 11) is 1.91. The number of aromatic nitrogens is 1.